The number of aromatic nitrogens is 2. The molecule has 6 heteroatoms. The summed E-state index contributed by atoms with van der Waals surface area (Å²) < 4.78 is 0.885. The molecule has 1 aliphatic heterocycles. The highest BCUT2D eigenvalue weighted by Gasteiger charge is 2.31. The van der Waals surface area contributed by atoms with Gasteiger partial charge < -0.3 is 10.2 Å². The van der Waals surface area contributed by atoms with Gasteiger partial charge in [0, 0.05) is 30.0 Å². The first-order valence-electron chi connectivity index (χ1n) is 8.61. The molecule has 0 saturated carbocycles. The van der Waals surface area contributed by atoms with Crippen molar-refractivity contribution in [1.29, 1.82) is 0 Å². The highest BCUT2D eigenvalue weighted by molar-refractivity contribution is 9.10. The van der Waals surface area contributed by atoms with Gasteiger partial charge in [-0.1, -0.05) is 29.8 Å². The molecule has 1 fully saturated rings. The Morgan fingerprint density at radius 2 is 2.04 bits per heavy atom. The Balaban J connectivity index is 1.50. The SMILES string of the molecule is Cc1ccc(CN2CCC(Nc3ccnc4cc(Br)cnc34)C2=O)cc1. The minimum Gasteiger partial charge on any atom is -0.372 e. The van der Waals surface area contributed by atoms with Gasteiger partial charge in [0.05, 0.1) is 11.2 Å². The number of rotatable bonds is 4. The van der Waals surface area contributed by atoms with E-state index in [0.29, 0.717) is 6.54 Å². The molecule has 3 aromatic rings. The van der Waals surface area contributed by atoms with Crippen LogP contribution in [0.15, 0.2) is 53.3 Å². The molecule has 0 bridgehead atoms. The summed E-state index contributed by atoms with van der Waals surface area (Å²) in [5.41, 5.74) is 4.81. The fourth-order valence-corrected chi connectivity index (χ4v) is 3.57. The summed E-state index contributed by atoms with van der Waals surface area (Å²) in [5.74, 6) is 0.132. The lowest BCUT2D eigenvalue weighted by atomic mass is 10.1. The van der Waals surface area contributed by atoms with Crippen molar-refractivity contribution in [3.05, 3.63) is 64.4 Å². The maximum Gasteiger partial charge on any atom is 0.245 e. The van der Waals surface area contributed by atoms with E-state index in [9.17, 15) is 4.79 Å². The molecule has 4 rings (SSSR count). The standard InChI is InChI=1S/C20H19BrN4O/c1-13-2-4-14(5-3-13)12-25-9-7-17(20(25)26)24-16-6-8-22-18-10-15(21)11-23-19(16)18/h2-6,8,10-11,17H,7,9,12H2,1H3,(H,22,24). The van der Waals surface area contributed by atoms with Crippen LogP contribution in [0.4, 0.5) is 5.69 Å². The molecule has 26 heavy (non-hydrogen) atoms. The minimum atomic E-state index is -0.225. The summed E-state index contributed by atoms with van der Waals surface area (Å²) in [4.78, 5) is 23.5. The van der Waals surface area contributed by atoms with E-state index >= 15 is 0 Å². The highest BCUT2D eigenvalue weighted by Crippen LogP contribution is 2.25. The number of carbonyl (C=O) groups excluding carboxylic acids is 1. The lowest BCUT2D eigenvalue weighted by Gasteiger charge is -2.18. The van der Waals surface area contributed by atoms with Gasteiger partial charge in [0.15, 0.2) is 0 Å². The van der Waals surface area contributed by atoms with Crippen LogP contribution in [0.1, 0.15) is 17.5 Å². The lowest BCUT2D eigenvalue weighted by molar-refractivity contribution is -0.128. The molecule has 1 amide bonds. The molecule has 1 saturated heterocycles. The van der Waals surface area contributed by atoms with E-state index in [1.54, 1.807) is 12.4 Å². The molecular weight excluding hydrogens is 392 g/mol. The van der Waals surface area contributed by atoms with Crippen LogP contribution in [-0.4, -0.2) is 33.4 Å². The molecule has 1 aromatic carbocycles. The number of benzene rings is 1. The van der Waals surface area contributed by atoms with Crippen molar-refractivity contribution in [2.24, 2.45) is 0 Å². The van der Waals surface area contributed by atoms with Crippen molar-refractivity contribution in [3.8, 4) is 0 Å². The average molecular weight is 411 g/mol. The Morgan fingerprint density at radius 3 is 2.85 bits per heavy atom. The number of aryl methyl sites for hydroxylation is 1. The number of nitrogens with zero attached hydrogens (tertiary/aromatic N) is 3. The van der Waals surface area contributed by atoms with Crippen molar-refractivity contribution in [2.75, 3.05) is 11.9 Å². The Hall–Kier alpha value is -2.47. The van der Waals surface area contributed by atoms with Gasteiger partial charge in [-0.2, -0.15) is 0 Å². The van der Waals surface area contributed by atoms with Gasteiger partial charge in [-0.25, -0.2) is 0 Å². The number of likely N-dealkylation sites (tertiary alicyclic amines) is 1. The average Bonchev–Trinajstić information content (AvgIpc) is 2.97. The number of nitrogens with one attached hydrogen (secondary N) is 1. The zero-order valence-electron chi connectivity index (χ0n) is 14.4. The number of hydrogen-bond acceptors (Lipinski definition) is 4. The van der Waals surface area contributed by atoms with E-state index in [-0.39, 0.29) is 11.9 Å². The summed E-state index contributed by atoms with van der Waals surface area (Å²) in [6.07, 6.45) is 4.27. The predicted octanol–water partition coefficient (Wildman–Crippen LogP) is 3.91. The third-order valence-corrected chi connectivity index (χ3v) is 5.10. The highest BCUT2D eigenvalue weighted by atomic mass is 79.9. The van der Waals surface area contributed by atoms with Gasteiger partial charge in [-0.3, -0.25) is 14.8 Å². The van der Waals surface area contributed by atoms with Crippen molar-refractivity contribution in [1.82, 2.24) is 14.9 Å². The van der Waals surface area contributed by atoms with Crippen molar-refractivity contribution in [3.63, 3.8) is 0 Å². The smallest absolute Gasteiger partial charge is 0.245 e. The van der Waals surface area contributed by atoms with E-state index < -0.39 is 0 Å². The molecule has 2 aromatic heterocycles. The van der Waals surface area contributed by atoms with Gasteiger partial charge >= 0.3 is 0 Å². The first-order chi connectivity index (χ1) is 12.6. The van der Waals surface area contributed by atoms with Crippen molar-refractivity contribution >= 4 is 38.6 Å². The number of pyridine rings is 2. The summed E-state index contributed by atoms with van der Waals surface area (Å²) >= 11 is 3.41. The summed E-state index contributed by atoms with van der Waals surface area (Å²) in [7, 11) is 0. The number of hydrogen-bond donors (Lipinski definition) is 1. The number of carbonyl (C=O) groups is 1. The van der Waals surface area contributed by atoms with Gasteiger partial charge in [-0.15, -0.1) is 0 Å². The molecule has 3 heterocycles. The van der Waals surface area contributed by atoms with Gasteiger partial charge in [0.2, 0.25) is 5.91 Å². The number of fused-ring (bicyclic) bond motifs is 1. The topological polar surface area (TPSA) is 58.1 Å². The maximum atomic E-state index is 12.8. The zero-order chi connectivity index (χ0) is 18.1. The van der Waals surface area contributed by atoms with E-state index in [0.717, 1.165) is 39.7 Å². The minimum absolute atomic E-state index is 0.132. The quantitative estimate of drug-likeness (QED) is 0.707. The summed E-state index contributed by atoms with van der Waals surface area (Å²) in [6, 6.07) is 11.9. The molecule has 1 atom stereocenters. The van der Waals surface area contributed by atoms with E-state index in [2.05, 4.69) is 62.4 Å². The Morgan fingerprint density at radius 1 is 1.23 bits per heavy atom. The molecule has 5 nitrogen and oxygen atoms in total. The molecule has 1 unspecified atom stereocenters. The Bertz CT molecular complexity index is 958. The molecular formula is C20H19BrN4O. The fraction of sp³-hybridized carbons (Fsp3) is 0.250. The first kappa shape index (κ1) is 17.0. The molecule has 0 spiro atoms. The van der Waals surface area contributed by atoms with Gasteiger partial charge in [0.25, 0.3) is 0 Å². The predicted molar refractivity (Wildman–Crippen MR) is 106 cm³/mol. The largest absolute Gasteiger partial charge is 0.372 e. The van der Waals surface area contributed by atoms with E-state index in [1.807, 2.05) is 17.0 Å². The van der Waals surface area contributed by atoms with Gasteiger partial charge in [-0.05, 0) is 47.0 Å². The van der Waals surface area contributed by atoms with Gasteiger partial charge in [0.1, 0.15) is 11.6 Å². The second kappa shape index (κ2) is 7.03. The van der Waals surface area contributed by atoms with Crippen LogP contribution in [0, 0.1) is 6.92 Å². The van der Waals surface area contributed by atoms with Crippen LogP contribution in [0.2, 0.25) is 0 Å². The van der Waals surface area contributed by atoms with Crippen molar-refractivity contribution < 1.29 is 4.79 Å². The first-order valence-corrected chi connectivity index (χ1v) is 9.40. The van der Waals surface area contributed by atoms with Crippen LogP contribution in [0.25, 0.3) is 11.0 Å². The second-order valence-corrected chi connectivity index (χ2v) is 7.53. The van der Waals surface area contributed by atoms with E-state index in [1.165, 1.54) is 5.56 Å². The van der Waals surface area contributed by atoms with Crippen LogP contribution in [0.3, 0.4) is 0 Å². The molecule has 132 valence electrons. The second-order valence-electron chi connectivity index (χ2n) is 6.61. The van der Waals surface area contributed by atoms with Crippen LogP contribution in [0.5, 0.6) is 0 Å². The maximum absolute atomic E-state index is 12.8. The van der Waals surface area contributed by atoms with Crippen molar-refractivity contribution in [2.45, 2.75) is 25.9 Å². The third-order valence-electron chi connectivity index (χ3n) is 4.67. The number of anilines is 1. The van der Waals surface area contributed by atoms with Crippen LogP contribution < -0.4 is 5.32 Å². The van der Waals surface area contributed by atoms with E-state index in [4.69, 9.17) is 0 Å². The molecule has 1 aliphatic rings. The fourth-order valence-electron chi connectivity index (χ4n) is 3.25. The zero-order valence-corrected chi connectivity index (χ0v) is 16.0. The number of halogens is 1. The number of amides is 1. The Labute approximate surface area is 160 Å². The normalized spacial score (nSPS) is 17.1. The molecule has 0 radical (unpaired) electrons. The monoisotopic (exact) mass is 410 g/mol. The summed E-state index contributed by atoms with van der Waals surface area (Å²) in [6.45, 7) is 3.47. The summed E-state index contributed by atoms with van der Waals surface area (Å²) in [5, 5.41) is 3.37. The van der Waals surface area contributed by atoms with Crippen LogP contribution >= 0.6 is 15.9 Å². The third kappa shape index (κ3) is 3.42. The Kier molecular flexibility index (Phi) is 4.59. The molecule has 0 aliphatic carbocycles. The van der Waals surface area contributed by atoms with Crippen LogP contribution in [-0.2, 0) is 11.3 Å². The molecule has 1 N–H and O–H groups in total. The lowest BCUT2D eigenvalue weighted by Crippen LogP contribution is -2.33.